The van der Waals surface area contributed by atoms with Gasteiger partial charge < -0.3 is 19.8 Å². The van der Waals surface area contributed by atoms with E-state index in [-0.39, 0.29) is 18.2 Å². The van der Waals surface area contributed by atoms with Crippen molar-refractivity contribution < 1.29 is 9.47 Å². The lowest BCUT2D eigenvalue weighted by Crippen LogP contribution is -2.27. The minimum atomic E-state index is -0.577. The predicted octanol–water partition coefficient (Wildman–Crippen LogP) is 1.82. The molecule has 3 atom stereocenters. The van der Waals surface area contributed by atoms with E-state index < -0.39 is 5.79 Å². The third kappa shape index (κ3) is 1.85. The van der Waals surface area contributed by atoms with E-state index in [9.17, 15) is 0 Å². The average molecular weight is 301 g/mol. The summed E-state index contributed by atoms with van der Waals surface area (Å²) in [5.41, 5.74) is 8.47. The Kier molecular flexibility index (Phi) is 2.79. The first-order valence-electron chi connectivity index (χ1n) is 7.49. The molecule has 2 N–H and O–H groups in total. The molecule has 4 rings (SSSR count). The standard InChI is InChI=1S/C15H19N5O2/c1-4-8-5-9(12-11(8)21-15(2,3)22-12)20-7-19-10-13(16)17-6-18-14(10)20/h5-7,9,11-12H,4H2,1-3H3,(H2,16,17,18)/t9-,11-,12+/m1/s1. The number of hydrogen-bond acceptors (Lipinski definition) is 6. The zero-order chi connectivity index (χ0) is 15.5. The quantitative estimate of drug-likeness (QED) is 0.851. The van der Waals surface area contributed by atoms with Gasteiger partial charge in [0, 0.05) is 0 Å². The molecule has 7 heteroatoms. The first kappa shape index (κ1) is 13.7. The second-order valence-corrected chi connectivity index (χ2v) is 6.19. The third-order valence-electron chi connectivity index (χ3n) is 4.33. The predicted molar refractivity (Wildman–Crippen MR) is 81.0 cm³/mol. The lowest BCUT2D eigenvalue weighted by atomic mass is 10.1. The highest BCUT2D eigenvalue weighted by Crippen LogP contribution is 2.44. The second kappa shape index (κ2) is 4.50. The van der Waals surface area contributed by atoms with Crippen LogP contribution in [-0.2, 0) is 9.47 Å². The van der Waals surface area contributed by atoms with Crippen molar-refractivity contribution in [2.75, 3.05) is 5.73 Å². The van der Waals surface area contributed by atoms with Gasteiger partial charge in [0.25, 0.3) is 0 Å². The van der Waals surface area contributed by atoms with Crippen LogP contribution in [0.2, 0.25) is 0 Å². The number of aromatic nitrogens is 4. The molecule has 2 aliphatic rings. The summed E-state index contributed by atoms with van der Waals surface area (Å²) >= 11 is 0. The molecule has 7 nitrogen and oxygen atoms in total. The van der Waals surface area contributed by atoms with Crippen molar-refractivity contribution >= 4 is 17.0 Å². The summed E-state index contributed by atoms with van der Waals surface area (Å²) in [7, 11) is 0. The number of nitrogens with zero attached hydrogens (tertiary/aromatic N) is 4. The van der Waals surface area contributed by atoms with Crippen LogP contribution in [0.5, 0.6) is 0 Å². The monoisotopic (exact) mass is 301 g/mol. The Hall–Kier alpha value is -1.99. The molecule has 116 valence electrons. The van der Waals surface area contributed by atoms with E-state index in [2.05, 4.69) is 28.0 Å². The maximum Gasteiger partial charge on any atom is 0.166 e. The summed E-state index contributed by atoms with van der Waals surface area (Å²) in [6.45, 7) is 6.02. The fourth-order valence-electron chi connectivity index (χ4n) is 3.38. The number of fused-ring (bicyclic) bond motifs is 2. The SMILES string of the molecule is CCC1=C[C@@H](n2cnc3c(N)ncnc32)[C@@H]2OC(C)(C)O[C@H]12. The highest BCUT2D eigenvalue weighted by atomic mass is 16.8. The molecule has 2 aromatic heterocycles. The highest BCUT2D eigenvalue weighted by Gasteiger charge is 2.50. The summed E-state index contributed by atoms with van der Waals surface area (Å²) in [4.78, 5) is 12.7. The largest absolute Gasteiger partial charge is 0.382 e. The molecule has 0 radical (unpaired) electrons. The zero-order valence-electron chi connectivity index (χ0n) is 12.9. The lowest BCUT2D eigenvalue weighted by Gasteiger charge is -2.21. The number of rotatable bonds is 2. The Morgan fingerprint density at radius 3 is 2.86 bits per heavy atom. The molecule has 0 unspecified atom stereocenters. The van der Waals surface area contributed by atoms with Gasteiger partial charge in [-0.15, -0.1) is 0 Å². The molecule has 1 aliphatic heterocycles. The Morgan fingerprint density at radius 1 is 1.27 bits per heavy atom. The van der Waals surface area contributed by atoms with Crippen molar-refractivity contribution in [1.29, 1.82) is 0 Å². The molecular weight excluding hydrogens is 282 g/mol. The van der Waals surface area contributed by atoms with E-state index in [1.165, 1.54) is 11.9 Å². The van der Waals surface area contributed by atoms with Crippen molar-refractivity contribution in [1.82, 2.24) is 19.5 Å². The molecule has 0 amide bonds. The Morgan fingerprint density at radius 2 is 2.09 bits per heavy atom. The number of anilines is 1. The van der Waals surface area contributed by atoms with Crippen molar-refractivity contribution in [3.05, 3.63) is 24.3 Å². The summed E-state index contributed by atoms with van der Waals surface area (Å²) in [6.07, 6.45) is 6.26. The van der Waals surface area contributed by atoms with Crippen LogP contribution < -0.4 is 5.73 Å². The van der Waals surface area contributed by atoms with E-state index in [0.717, 1.165) is 12.1 Å². The van der Waals surface area contributed by atoms with E-state index in [1.54, 1.807) is 6.33 Å². The van der Waals surface area contributed by atoms with Gasteiger partial charge in [-0.05, 0) is 25.8 Å². The van der Waals surface area contributed by atoms with Crippen LogP contribution >= 0.6 is 0 Å². The molecular formula is C15H19N5O2. The maximum absolute atomic E-state index is 6.12. The summed E-state index contributed by atoms with van der Waals surface area (Å²) in [5.74, 6) is -0.186. The molecule has 2 aromatic rings. The summed E-state index contributed by atoms with van der Waals surface area (Å²) in [6, 6.07) is 0.000949. The maximum atomic E-state index is 6.12. The first-order valence-corrected chi connectivity index (χ1v) is 7.49. The summed E-state index contributed by atoms with van der Waals surface area (Å²) in [5, 5.41) is 0. The van der Waals surface area contributed by atoms with Crippen LogP contribution in [0, 0.1) is 0 Å². The average Bonchev–Trinajstić information content (AvgIpc) is 3.10. The van der Waals surface area contributed by atoms with E-state index in [4.69, 9.17) is 15.2 Å². The van der Waals surface area contributed by atoms with Crippen molar-refractivity contribution in [3.63, 3.8) is 0 Å². The lowest BCUT2D eigenvalue weighted by molar-refractivity contribution is -0.147. The van der Waals surface area contributed by atoms with Crippen LogP contribution in [0.1, 0.15) is 33.2 Å². The van der Waals surface area contributed by atoms with Crippen LogP contribution in [0.3, 0.4) is 0 Å². The molecule has 3 heterocycles. The highest BCUT2D eigenvalue weighted by molar-refractivity contribution is 5.81. The van der Waals surface area contributed by atoms with Crippen LogP contribution in [0.15, 0.2) is 24.3 Å². The molecule has 1 saturated heterocycles. The molecule has 0 aromatic carbocycles. The van der Waals surface area contributed by atoms with Gasteiger partial charge in [0.05, 0.1) is 12.4 Å². The van der Waals surface area contributed by atoms with Crippen LogP contribution in [-0.4, -0.2) is 37.5 Å². The number of ether oxygens (including phenoxy) is 2. The minimum absolute atomic E-state index is 0.000949. The normalized spacial score (nSPS) is 29.8. The third-order valence-corrected chi connectivity index (χ3v) is 4.33. The molecule has 22 heavy (non-hydrogen) atoms. The molecule has 0 spiro atoms. The zero-order valence-corrected chi connectivity index (χ0v) is 12.9. The fourth-order valence-corrected chi connectivity index (χ4v) is 3.38. The Bertz CT molecular complexity index is 766. The number of nitrogen functional groups attached to an aromatic ring is 1. The fraction of sp³-hybridized carbons (Fsp3) is 0.533. The van der Waals surface area contributed by atoms with Gasteiger partial charge >= 0.3 is 0 Å². The molecule has 0 saturated carbocycles. The van der Waals surface area contributed by atoms with Crippen molar-refractivity contribution in [2.45, 2.75) is 51.2 Å². The van der Waals surface area contributed by atoms with Gasteiger partial charge in [0.1, 0.15) is 24.1 Å². The van der Waals surface area contributed by atoms with Crippen molar-refractivity contribution in [3.8, 4) is 0 Å². The van der Waals surface area contributed by atoms with E-state index in [1.807, 2.05) is 18.4 Å². The molecule has 1 fully saturated rings. The molecule has 0 bridgehead atoms. The van der Waals surface area contributed by atoms with Crippen molar-refractivity contribution in [2.24, 2.45) is 0 Å². The van der Waals surface area contributed by atoms with E-state index in [0.29, 0.717) is 11.3 Å². The topological polar surface area (TPSA) is 88.1 Å². The summed E-state index contributed by atoms with van der Waals surface area (Å²) < 4.78 is 14.2. The smallest absolute Gasteiger partial charge is 0.166 e. The van der Waals surface area contributed by atoms with Gasteiger partial charge in [-0.2, -0.15) is 0 Å². The first-order chi connectivity index (χ1) is 10.5. The van der Waals surface area contributed by atoms with Gasteiger partial charge in [-0.1, -0.05) is 13.0 Å². The van der Waals surface area contributed by atoms with E-state index >= 15 is 0 Å². The second-order valence-electron chi connectivity index (χ2n) is 6.19. The number of imidazole rings is 1. The number of hydrogen-bond donors (Lipinski definition) is 1. The Labute approximate surface area is 128 Å². The van der Waals surface area contributed by atoms with Gasteiger partial charge in [-0.3, -0.25) is 0 Å². The van der Waals surface area contributed by atoms with Gasteiger partial charge in [0.2, 0.25) is 0 Å². The van der Waals surface area contributed by atoms with Crippen LogP contribution in [0.4, 0.5) is 5.82 Å². The van der Waals surface area contributed by atoms with Gasteiger partial charge in [0.15, 0.2) is 17.3 Å². The van der Waals surface area contributed by atoms with Crippen LogP contribution in [0.25, 0.3) is 11.2 Å². The number of nitrogens with two attached hydrogens (primary N) is 1. The Balaban J connectivity index is 1.81. The van der Waals surface area contributed by atoms with Gasteiger partial charge in [-0.25, -0.2) is 15.0 Å². The molecule has 1 aliphatic carbocycles. The minimum Gasteiger partial charge on any atom is -0.382 e.